The summed E-state index contributed by atoms with van der Waals surface area (Å²) in [4.78, 5) is 24.7. The van der Waals surface area contributed by atoms with Crippen LogP contribution in [0.1, 0.15) is 181 Å². The van der Waals surface area contributed by atoms with Crippen LogP contribution < -0.4 is 0 Å². The first-order chi connectivity index (χ1) is 22.1. The first-order valence-corrected chi connectivity index (χ1v) is 19.1. The summed E-state index contributed by atoms with van der Waals surface area (Å²) in [5.41, 5.74) is 0. The van der Waals surface area contributed by atoms with Gasteiger partial charge in [-0.1, -0.05) is 134 Å². The molecule has 0 radical (unpaired) electrons. The lowest BCUT2D eigenvalue weighted by molar-refractivity contribution is -0.152. The summed E-state index contributed by atoms with van der Waals surface area (Å²) in [6.45, 7) is 6.56. The molecule has 0 aliphatic heterocycles. The molecule has 4 nitrogen and oxygen atoms in total. The van der Waals surface area contributed by atoms with E-state index in [2.05, 4.69) is 69.4 Å². The third-order valence-electron chi connectivity index (χ3n) is 8.70. The highest BCUT2D eigenvalue weighted by molar-refractivity contribution is 5.71. The van der Waals surface area contributed by atoms with Gasteiger partial charge in [-0.3, -0.25) is 9.59 Å². The average Bonchev–Trinajstić information content (AvgIpc) is 3.69. The van der Waals surface area contributed by atoms with Gasteiger partial charge in [-0.15, -0.1) is 0 Å². The van der Waals surface area contributed by atoms with E-state index in [-0.39, 0.29) is 30.1 Å². The molecule has 0 N–H and O–H groups in total. The highest BCUT2D eigenvalue weighted by atomic mass is 16.6. The Balaban J connectivity index is 1.98. The van der Waals surface area contributed by atoms with Crippen LogP contribution in [0.25, 0.3) is 0 Å². The third-order valence-corrected chi connectivity index (χ3v) is 8.70. The van der Waals surface area contributed by atoms with E-state index in [9.17, 15) is 9.59 Å². The Morgan fingerprint density at radius 2 is 0.778 bits per heavy atom. The molecule has 0 unspecified atom stereocenters. The van der Waals surface area contributed by atoms with Crippen LogP contribution in [0.4, 0.5) is 0 Å². The van der Waals surface area contributed by atoms with Crippen LogP contribution in [-0.4, -0.2) is 24.1 Å². The van der Waals surface area contributed by atoms with Crippen LogP contribution in [0, 0.1) is 5.92 Å². The van der Waals surface area contributed by atoms with Crippen LogP contribution in [0.3, 0.4) is 0 Å². The molecule has 1 fully saturated rings. The Morgan fingerprint density at radius 1 is 0.444 bits per heavy atom. The van der Waals surface area contributed by atoms with Crippen molar-refractivity contribution in [2.45, 2.75) is 193 Å². The highest BCUT2D eigenvalue weighted by Crippen LogP contribution is 2.40. The summed E-state index contributed by atoms with van der Waals surface area (Å²) in [5, 5.41) is 0. The maximum absolute atomic E-state index is 12.4. The fourth-order valence-corrected chi connectivity index (χ4v) is 5.67. The van der Waals surface area contributed by atoms with Crippen molar-refractivity contribution in [1.29, 1.82) is 0 Å². The second-order valence-corrected chi connectivity index (χ2v) is 12.9. The monoisotopic (exact) mass is 627 g/mol. The largest absolute Gasteiger partial charge is 0.458 e. The summed E-state index contributed by atoms with van der Waals surface area (Å²) in [7, 11) is 0. The molecule has 0 bridgehead atoms. The number of carbonyl (C=O) groups excluding carboxylic acids is 2. The molecule has 0 aromatic rings. The molecule has 1 aliphatic carbocycles. The predicted octanol–water partition coefficient (Wildman–Crippen LogP) is 12.5. The molecule has 1 rings (SSSR count). The Morgan fingerprint density at radius 3 is 1.13 bits per heavy atom. The molecule has 45 heavy (non-hydrogen) atoms. The molecular weight excluding hydrogens is 556 g/mol. The zero-order valence-corrected chi connectivity index (χ0v) is 29.7. The molecule has 0 saturated heterocycles. The number of esters is 2. The first-order valence-electron chi connectivity index (χ1n) is 19.1. The number of unbranched alkanes of at least 4 members (excludes halogenated alkanes) is 16. The van der Waals surface area contributed by atoms with Gasteiger partial charge in [0.1, 0.15) is 12.2 Å². The zero-order valence-electron chi connectivity index (χ0n) is 29.7. The lowest BCUT2D eigenvalue weighted by Crippen LogP contribution is -2.13. The molecule has 1 aliphatic rings. The van der Waals surface area contributed by atoms with Gasteiger partial charge in [-0.25, -0.2) is 0 Å². The van der Waals surface area contributed by atoms with Crippen molar-refractivity contribution < 1.29 is 19.1 Å². The lowest BCUT2D eigenvalue weighted by Gasteiger charge is -2.06. The van der Waals surface area contributed by atoms with E-state index in [0.717, 1.165) is 70.6 Å². The Labute approximate surface area is 278 Å². The van der Waals surface area contributed by atoms with Gasteiger partial charge in [-0.2, -0.15) is 0 Å². The first kappa shape index (κ1) is 40.9. The number of allylic oxidation sites excluding steroid dienone is 8. The maximum atomic E-state index is 12.4. The van der Waals surface area contributed by atoms with Gasteiger partial charge in [0.05, 0.1) is 0 Å². The molecule has 0 heterocycles. The fraction of sp³-hybridized carbons (Fsp3) is 0.756. The molecule has 0 amide bonds. The van der Waals surface area contributed by atoms with Crippen LogP contribution >= 0.6 is 0 Å². The van der Waals surface area contributed by atoms with Crippen LogP contribution in [-0.2, 0) is 19.1 Å². The smallest absolute Gasteiger partial charge is 0.306 e. The molecule has 1 saturated carbocycles. The number of hydrogen-bond acceptors (Lipinski definition) is 4. The minimum Gasteiger partial charge on any atom is -0.458 e. The van der Waals surface area contributed by atoms with Crippen molar-refractivity contribution in [2.24, 2.45) is 5.92 Å². The quantitative estimate of drug-likeness (QED) is 0.0436. The Bertz CT molecular complexity index is 757. The molecule has 4 heteroatoms. The molecule has 0 spiro atoms. The number of carbonyl (C=O) groups is 2. The molecule has 3 atom stereocenters. The van der Waals surface area contributed by atoms with E-state index in [1.54, 1.807) is 0 Å². The average molecular weight is 627 g/mol. The van der Waals surface area contributed by atoms with Crippen molar-refractivity contribution in [2.75, 3.05) is 0 Å². The summed E-state index contributed by atoms with van der Waals surface area (Å²) in [6.07, 6.45) is 45.3. The molecule has 0 aromatic heterocycles. The van der Waals surface area contributed by atoms with Crippen molar-refractivity contribution >= 4 is 11.9 Å². The van der Waals surface area contributed by atoms with Crippen molar-refractivity contribution in [3.8, 4) is 0 Å². The molecule has 0 aromatic carbocycles. The summed E-state index contributed by atoms with van der Waals surface area (Å²) < 4.78 is 11.4. The minimum atomic E-state index is -0.242. The zero-order chi connectivity index (χ0) is 32.6. The molecule has 258 valence electrons. The van der Waals surface area contributed by atoms with Gasteiger partial charge >= 0.3 is 11.9 Å². The van der Waals surface area contributed by atoms with Gasteiger partial charge in [-0.05, 0) is 83.5 Å². The summed E-state index contributed by atoms with van der Waals surface area (Å²) in [6, 6.07) is 0. The van der Waals surface area contributed by atoms with Gasteiger partial charge in [0.15, 0.2) is 0 Å². The highest BCUT2D eigenvalue weighted by Gasteiger charge is 2.55. The van der Waals surface area contributed by atoms with Crippen molar-refractivity contribution in [3.05, 3.63) is 48.6 Å². The minimum absolute atomic E-state index is 0.142. The van der Waals surface area contributed by atoms with Gasteiger partial charge in [0, 0.05) is 18.8 Å². The van der Waals surface area contributed by atoms with Gasteiger partial charge < -0.3 is 9.47 Å². The van der Waals surface area contributed by atoms with E-state index in [4.69, 9.17) is 9.47 Å². The lowest BCUT2D eigenvalue weighted by atomic mass is 10.1. The second-order valence-electron chi connectivity index (χ2n) is 12.9. The Kier molecular flexibility index (Phi) is 27.8. The number of rotatable bonds is 31. The van der Waals surface area contributed by atoms with E-state index in [1.807, 2.05) is 0 Å². The topological polar surface area (TPSA) is 52.6 Å². The Hall–Kier alpha value is -2.10. The second kappa shape index (κ2) is 30.5. The summed E-state index contributed by atoms with van der Waals surface area (Å²) in [5.74, 6) is -0.125. The predicted molar refractivity (Wildman–Crippen MR) is 192 cm³/mol. The van der Waals surface area contributed by atoms with Gasteiger partial charge in [0.2, 0.25) is 0 Å². The van der Waals surface area contributed by atoms with E-state index < -0.39 is 0 Å². The van der Waals surface area contributed by atoms with Crippen LogP contribution in [0.5, 0.6) is 0 Å². The van der Waals surface area contributed by atoms with Crippen molar-refractivity contribution in [1.82, 2.24) is 0 Å². The number of ether oxygens (including phenoxy) is 2. The summed E-state index contributed by atoms with van der Waals surface area (Å²) >= 11 is 0. The standard InChI is InChI=1S/C41H70O4/c1-4-7-9-11-13-15-17-19-21-23-25-27-29-31-33-35-38(42)44-40-37(6-3)41(40)45-39(43)36-34-32-30-28-26-24-22-20-18-16-14-12-10-8-5-2/h13-16,19-22,37,40-41H,4-12,17-18,23-36H2,1-3H3/b15-13-,16-14-,21-19-,22-20-/t37-,40+,41-. The van der Waals surface area contributed by atoms with Crippen LogP contribution in [0.2, 0.25) is 0 Å². The van der Waals surface area contributed by atoms with E-state index in [1.165, 1.54) is 77.0 Å². The maximum Gasteiger partial charge on any atom is 0.306 e. The van der Waals surface area contributed by atoms with E-state index >= 15 is 0 Å². The SMILES string of the molecule is CCCCC/C=C\C/C=C\CCCCCCCC(=O)O[C@@H]1[C@H](CC)[C@@H]1OC(=O)CCCCCCC/C=C\C/C=C\CCCCC. The third kappa shape index (κ3) is 24.8. The fourth-order valence-electron chi connectivity index (χ4n) is 5.67. The number of hydrogen-bond donors (Lipinski definition) is 0. The van der Waals surface area contributed by atoms with Gasteiger partial charge in [0.25, 0.3) is 0 Å². The van der Waals surface area contributed by atoms with Crippen molar-refractivity contribution in [3.63, 3.8) is 0 Å². The van der Waals surface area contributed by atoms with Crippen LogP contribution in [0.15, 0.2) is 48.6 Å². The van der Waals surface area contributed by atoms with E-state index in [0.29, 0.717) is 12.8 Å². The molecular formula is C41H70O4. The normalized spacial score (nSPS) is 18.2.